The van der Waals surface area contributed by atoms with E-state index in [0.29, 0.717) is 5.75 Å². The molecule has 0 unspecified atom stereocenters. The molecule has 0 aliphatic rings. The van der Waals surface area contributed by atoms with Gasteiger partial charge in [-0.15, -0.1) is 81.1 Å². The Kier molecular flexibility index (Phi) is 11.5. The second-order valence-electron chi connectivity index (χ2n) is 15.6. The second kappa shape index (κ2) is 17.7. The number of hydrogen-bond donors (Lipinski definition) is 0. The lowest BCUT2D eigenvalue weighted by molar-refractivity contribution is -0.128. The van der Waals surface area contributed by atoms with Crippen LogP contribution in [-0.4, -0.2) is 29.0 Å². The molecule has 11 aromatic rings. The van der Waals surface area contributed by atoms with E-state index < -0.39 is 5.97 Å². The summed E-state index contributed by atoms with van der Waals surface area (Å²) in [7, 11) is 0. The van der Waals surface area contributed by atoms with E-state index in [1.165, 1.54) is 86.2 Å². The highest BCUT2D eigenvalue weighted by Crippen LogP contribution is 2.49. The van der Waals surface area contributed by atoms with E-state index in [0.717, 1.165) is 33.8 Å². The van der Waals surface area contributed by atoms with Gasteiger partial charge in [-0.1, -0.05) is 110 Å². The number of esters is 1. The highest BCUT2D eigenvalue weighted by molar-refractivity contribution is 8.02. The molecule has 0 bridgehead atoms. The molecular weight excluding hydrogens is 905 g/mol. The molecule has 0 aliphatic carbocycles. The highest BCUT2D eigenvalue weighted by Gasteiger charge is 2.33. The van der Waals surface area contributed by atoms with Crippen molar-refractivity contribution < 1.29 is 9.53 Å². The van der Waals surface area contributed by atoms with Crippen LogP contribution in [0.4, 0.5) is 0 Å². The van der Waals surface area contributed by atoms with Gasteiger partial charge in [-0.05, 0) is 71.4 Å². The second-order valence-corrected chi connectivity index (χ2v) is 22.9. The average Bonchev–Trinajstić information content (AvgIpc) is 4.03. The van der Waals surface area contributed by atoms with Gasteiger partial charge >= 0.3 is 5.97 Å². The minimum Gasteiger partial charge on any atom is -0.423 e. The van der Waals surface area contributed by atoms with Crippen molar-refractivity contribution in [1.29, 1.82) is 0 Å². The maximum atomic E-state index is 12.0. The fourth-order valence-electron chi connectivity index (χ4n) is 8.20. The van der Waals surface area contributed by atoms with Gasteiger partial charge < -0.3 is 4.74 Å². The van der Waals surface area contributed by atoms with Crippen molar-refractivity contribution in [2.75, 3.05) is 23.0 Å². The maximum absolute atomic E-state index is 12.0. The summed E-state index contributed by atoms with van der Waals surface area (Å²) in [5.41, 5.74) is -0.0983. The minimum absolute atomic E-state index is 0.0983. The van der Waals surface area contributed by atoms with E-state index >= 15 is 0 Å². The van der Waals surface area contributed by atoms with Crippen LogP contribution in [0.1, 0.15) is 0 Å². The Bertz CT molecular complexity index is 3240. The topological polar surface area (TPSA) is 26.3 Å². The van der Waals surface area contributed by atoms with E-state index in [4.69, 9.17) is 4.74 Å². The number of thiophene rings is 3. The molecule has 3 heterocycles. The first-order chi connectivity index (χ1) is 31.0. The summed E-state index contributed by atoms with van der Waals surface area (Å²) in [6, 6.07) is 59.6. The van der Waals surface area contributed by atoms with E-state index in [-0.39, 0.29) is 5.41 Å². The number of carbonyl (C=O) groups excluding carboxylic acids is 1. The molecule has 63 heavy (non-hydrogen) atoms. The molecule has 0 amide bonds. The minimum atomic E-state index is -0.456. The average molecular weight is 943 g/mol. The Morgan fingerprint density at radius 1 is 0.476 bits per heavy atom. The lowest BCUT2D eigenvalue weighted by atomic mass is 9.99. The molecular formula is C54H38O2S7. The van der Waals surface area contributed by atoms with Crippen LogP contribution in [0.15, 0.2) is 196 Å². The third-order valence-electron chi connectivity index (χ3n) is 11.4. The quantitative estimate of drug-likeness (QED) is 0.0466. The first-order valence-electron chi connectivity index (χ1n) is 20.6. The van der Waals surface area contributed by atoms with Gasteiger partial charge in [0.2, 0.25) is 0 Å². The zero-order valence-electron chi connectivity index (χ0n) is 33.9. The Balaban J connectivity index is 0.990. The molecule has 0 radical (unpaired) electrons. The summed E-state index contributed by atoms with van der Waals surface area (Å²) >= 11 is 13.8. The standard InChI is InChI=1S/C54H38O2S7/c1-2-50(55)56-36-26-24-35-29-37(27-25-34(35)28-36)57-30-54(31-58-47-21-9-15-41-38-12-3-6-18-44(38)61-51(41)47,32-59-48-22-10-16-42-39-13-4-7-19-45(39)62-52(42)48)33-60-49-23-11-17-43-40-14-5-8-20-46(40)63-53(43)49/h2-29H,1,30-33H2. The van der Waals surface area contributed by atoms with Gasteiger partial charge in [0.15, 0.2) is 0 Å². The lowest BCUT2D eigenvalue weighted by Crippen LogP contribution is -2.33. The van der Waals surface area contributed by atoms with Crippen LogP contribution >= 0.6 is 81.1 Å². The van der Waals surface area contributed by atoms with Crippen LogP contribution in [0, 0.1) is 5.41 Å². The highest BCUT2D eigenvalue weighted by atomic mass is 32.2. The van der Waals surface area contributed by atoms with Gasteiger partial charge in [0.05, 0.1) is 0 Å². The van der Waals surface area contributed by atoms with Crippen molar-refractivity contribution in [3.05, 3.63) is 176 Å². The fourth-order valence-corrected chi connectivity index (χ4v) is 17.9. The van der Waals surface area contributed by atoms with Crippen LogP contribution in [0.5, 0.6) is 5.75 Å². The summed E-state index contributed by atoms with van der Waals surface area (Å²) < 4.78 is 13.6. The predicted octanol–water partition coefficient (Wildman–Crippen LogP) is 17.5. The van der Waals surface area contributed by atoms with Crippen LogP contribution < -0.4 is 4.74 Å². The van der Waals surface area contributed by atoms with E-state index in [9.17, 15) is 4.79 Å². The Hall–Kier alpha value is -4.71. The first kappa shape index (κ1) is 41.0. The van der Waals surface area contributed by atoms with E-state index in [1.807, 2.05) is 99.3 Å². The molecule has 0 spiro atoms. The zero-order chi connectivity index (χ0) is 42.3. The number of hydrogen-bond acceptors (Lipinski definition) is 9. The molecule has 0 fully saturated rings. The first-order valence-corrected chi connectivity index (χ1v) is 27.0. The molecule has 8 aromatic carbocycles. The van der Waals surface area contributed by atoms with Crippen LogP contribution in [0.2, 0.25) is 0 Å². The van der Waals surface area contributed by atoms with Crippen molar-refractivity contribution in [3.63, 3.8) is 0 Å². The van der Waals surface area contributed by atoms with Gasteiger partial charge in [0, 0.05) is 115 Å². The Labute approximate surface area is 394 Å². The lowest BCUT2D eigenvalue weighted by Gasteiger charge is -2.33. The van der Waals surface area contributed by atoms with E-state index in [2.05, 4.69) is 152 Å². The number of carbonyl (C=O) groups is 1. The SMILES string of the molecule is C=CC(=O)Oc1ccc2cc(SCC(CSc3cccc4c3sc3ccccc34)(CSc3cccc4c3sc3ccccc34)CSc3cccc4c3sc3ccccc34)ccc2c1. The molecule has 0 aliphatic heterocycles. The number of ether oxygens (including phenoxy) is 1. The van der Waals surface area contributed by atoms with Crippen molar-refractivity contribution in [2.45, 2.75) is 19.6 Å². The number of thioether (sulfide) groups is 4. The third-order valence-corrected chi connectivity index (χ3v) is 21.0. The molecule has 11 rings (SSSR count). The van der Waals surface area contributed by atoms with Crippen molar-refractivity contribution in [3.8, 4) is 5.75 Å². The van der Waals surface area contributed by atoms with Crippen molar-refractivity contribution in [2.24, 2.45) is 5.41 Å². The fraction of sp³-hybridized carbons (Fsp3) is 0.0926. The third kappa shape index (κ3) is 8.18. The molecule has 2 nitrogen and oxygen atoms in total. The molecule has 9 heteroatoms. The summed E-state index contributed by atoms with van der Waals surface area (Å²) in [6.45, 7) is 3.55. The monoisotopic (exact) mass is 942 g/mol. The largest absolute Gasteiger partial charge is 0.423 e. The molecule has 308 valence electrons. The predicted molar refractivity (Wildman–Crippen MR) is 283 cm³/mol. The van der Waals surface area contributed by atoms with E-state index in [1.54, 1.807) is 0 Å². The summed E-state index contributed by atoms with van der Waals surface area (Å²) in [4.78, 5) is 17.2. The van der Waals surface area contributed by atoms with Crippen molar-refractivity contribution in [1.82, 2.24) is 0 Å². The summed E-state index contributed by atoms with van der Waals surface area (Å²) in [5.74, 6) is 3.89. The van der Waals surface area contributed by atoms with Gasteiger partial charge in [-0.2, -0.15) is 0 Å². The normalized spacial score (nSPS) is 12.1. The molecule has 0 saturated heterocycles. The van der Waals surface area contributed by atoms with Gasteiger partial charge in [0.25, 0.3) is 0 Å². The number of fused-ring (bicyclic) bond motifs is 10. The number of benzene rings is 8. The van der Waals surface area contributed by atoms with Gasteiger partial charge in [-0.3, -0.25) is 0 Å². The van der Waals surface area contributed by atoms with Crippen LogP contribution in [-0.2, 0) is 4.79 Å². The summed E-state index contributed by atoms with van der Waals surface area (Å²) in [6.07, 6.45) is 1.19. The van der Waals surface area contributed by atoms with Gasteiger partial charge in [0.1, 0.15) is 5.75 Å². The Morgan fingerprint density at radius 3 is 1.37 bits per heavy atom. The number of rotatable bonds is 14. The summed E-state index contributed by atoms with van der Waals surface area (Å²) in [5, 5.41) is 10.2. The Morgan fingerprint density at radius 2 is 0.889 bits per heavy atom. The maximum Gasteiger partial charge on any atom is 0.335 e. The van der Waals surface area contributed by atoms with Crippen LogP contribution in [0.25, 0.3) is 71.3 Å². The van der Waals surface area contributed by atoms with Crippen LogP contribution in [0.3, 0.4) is 0 Å². The molecule has 0 saturated carbocycles. The molecule has 3 aromatic heterocycles. The molecule has 0 N–H and O–H groups in total. The molecule has 0 atom stereocenters. The smallest absolute Gasteiger partial charge is 0.335 e. The van der Waals surface area contributed by atoms with Crippen molar-refractivity contribution >= 4 is 158 Å². The zero-order valence-corrected chi connectivity index (χ0v) is 39.6. The van der Waals surface area contributed by atoms with Gasteiger partial charge in [-0.25, -0.2) is 4.79 Å².